The van der Waals surface area contributed by atoms with Gasteiger partial charge in [-0.2, -0.15) is 0 Å². The fraction of sp³-hybridized carbons (Fsp3) is 0.211. The molecule has 8 heteroatoms. The predicted octanol–water partition coefficient (Wildman–Crippen LogP) is 1.20. The number of halogens is 1. The van der Waals surface area contributed by atoms with E-state index in [2.05, 4.69) is 10.3 Å². The first-order chi connectivity index (χ1) is 13.0. The van der Waals surface area contributed by atoms with Crippen LogP contribution >= 0.6 is 0 Å². The van der Waals surface area contributed by atoms with Gasteiger partial charge < -0.3 is 19.6 Å². The molecule has 0 aliphatic carbocycles. The van der Waals surface area contributed by atoms with Crippen LogP contribution in [0.15, 0.2) is 52.1 Å². The number of H-pyrrole nitrogens is 1. The van der Waals surface area contributed by atoms with E-state index in [1.807, 2.05) is 0 Å². The summed E-state index contributed by atoms with van der Waals surface area (Å²) in [5.41, 5.74) is -0.145. The van der Waals surface area contributed by atoms with Gasteiger partial charge in [-0.1, -0.05) is 12.1 Å². The molecule has 27 heavy (non-hydrogen) atoms. The van der Waals surface area contributed by atoms with Crippen LogP contribution in [0, 0.1) is 5.82 Å². The van der Waals surface area contributed by atoms with Crippen LogP contribution in [0.4, 0.5) is 4.39 Å². The number of nitrogens with one attached hydrogen (secondary N) is 2. The maximum atomic E-state index is 13.3. The Labute approximate surface area is 153 Å². The highest BCUT2D eigenvalue weighted by Gasteiger charge is 2.09. The van der Waals surface area contributed by atoms with Gasteiger partial charge in [0.15, 0.2) is 0 Å². The highest BCUT2D eigenvalue weighted by Crippen LogP contribution is 2.12. The van der Waals surface area contributed by atoms with Gasteiger partial charge >= 0.3 is 11.1 Å². The number of carbonyl (C=O) groups excluding carboxylic acids is 1. The summed E-state index contributed by atoms with van der Waals surface area (Å²) in [6.45, 7) is 0.254. The number of carbonyl (C=O) groups is 1. The Balaban J connectivity index is 1.68. The quantitative estimate of drug-likeness (QED) is 0.637. The maximum absolute atomic E-state index is 13.3. The lowest BCUT2D eigenvalue weighted by Crippen LogP contribution is -2.39. The number of ether oxygens (including phenoxy) is 1. The van der Waals surface area contributed by atoms with Crippen LogP contribution in [0.3, 0.4) is 0 Å². The number of fused-ring (bicyclic) bond motifs is 1. The zero-order chi connectivity index (χ0) is 19.4. The molecule has 0 spiro atoms. The van der Waals surface area contributed by atoms with Crippen LogP contribution in [0.1, 0.15) is 5.56 Å². The number of hydrogen-bond donors (Lipinski definition) is 2. The summed E-state index contributed by atoms with van der Waals surface area (Å²) in [5, 5.41) is 2.71. The molecule has 2 N–H and O–H groups in total. The Morgan fingerprint density at radius 2 is 1.93 bits per heavy atom. The average molecular weight is 371 g/mol. The second-order valence-corrected chi connectivity index (χ2v) is 5.95. The van der Waals surface area contributed by atoms with Gasteiger partial charge in [-0.05, 0) is 35.9 Å². The second kappa shape index (κ2) is 7.86. The van der Waals surface area contributed by atoms with Crippen LogP contribution < -0.4 is 21.2 Å². The molecule has 2 aromatic carbocycles. The number of nitrogens with zero attached hydrogens (tertiary/aromatic N) is 1. The summed E-state index contributed by atoms with van der Waals surface area (Å²) in [6.07, 6.45) is 0.181. The van der Waals surface area contributed by atoms with Gasteiger partial charge in [-0.15, -0.1) is 0 Å². The van der Waals surface area contributed by atoms with Crippen LogP contribution in [0.2, 0.25) is 0 Å². The van der Waals surface area contributed by atoms with E-state index >= 15 is 0 Å². The van der Waals surface area contributed by atoms with Crippen molar-refractivity contribution in [1.29, 1.82) is 0 Å². The lowest BCUT2D eigenvalue weighted by molar-refractivity contribution is -0.120. The van der Waals surface area contributed by atoms with Gasteiger partial charge in [0.1, 0.15) is 11.6 Å². The number of benzene rings is 2. The first-order valence-corrected chi connectivity index (χ1v) is 8.30. The molecule has 3 aromatic rings. The van der Waals surface area contributed by atoms with Crippen LogP contribution in [-0.4, -0.2) is 29.1 Å². The standard InChI is InChI=1S/C19H18FN3O4/c1-27-14-5-2-12(3-6-14)10-17(24)21-8-9-23-16-7-4-13(20)11-15(16)22-18(25)19(23)26/h2-7,11H,8-10H2,1H3,(H,21,24)(H,22,25). The summed E-state index contributed by atoms with van der Waals surface area (Å²) >= 11 is 0. The number of methoxy groups -OCH3 is 1. The molecule has 1 amide bonds. The van der Waals surface area contributed by atoms with E-state index < -0.39 is 16.9 Å². The van der Waals surface area contributed by atoms with E-state index in [0.29, 0.717) is 11.3 Å². The number of hydrogen-bond acceptors (Lipinski definition) is 4. The highest BCUT2D eigenvalue weighted by molar-refractivity contribution is 5.78. The summed E-state index contributed by atoms with van der Waals surface area (Å²) in [6, 6.07) is 10.9. The average Bonchev–Trinajstić information content (AvgIpc) is 2.65. The lowest BCUT2D eigenvalue weighted by Gasteiger charge is -2.11. The fourth-order valence-corrected chi connectivity index (χ4v) is 2.77. The first kappa shape index (κ1) is 18.4. The van der Waals surface area contributed by atoms with E-state index in [0.717, 1.165) is 11.6 Å². The molecule has 0 fully saturated rings. The van der Waals surface area contributed by atoms with Crippen molar-refractivity contribution in [2.45, 2.75) is 13.0 Å². The summed E-state index contributed by atoms with van der Waals surface area (Å²) in [5.74, 6) is -0.0271. The van der Waals surface area contributed by atoms with E-state index in [1.54, 1.807) is 31.4 Å². The highest BCUT2D eigenvalue weighted by atomic mass is 19.1. The first-order valence-electron chi connectivity index (χ1n) is 8.30. The van der Waals surface area contributed by atoms with Gasteiger partial charge in [0.05, 0.1) is 24.6 Å². The molecule has 140 valence electrons. The molecular formula is C19H18FN3O4. The molecule has 3 rings (SSSR count). The predicted molar refractivity (Wildman–Crippen MR) is 98.5 cm³/mol. The normalized spacial score (nSPS) is 10.7. The zero-order valence-electron chi connectivity index (χ0n) is 14.6. The molecule has 0 aliphatic rings. The SMILES string of the molecule is COc1ccc(CC(=O)NCCn2c(=O)c(=O)[nH]c3cc(F)ccc32)cc1. The molecule has 0 unspecified atom stereocenters. The third-order valence-corrected chi connectivity index (χ3v) is 4.12. The Bertz CT molecular complexity index is 1090. The summed E-state index contributed by atoms with van der Waals surface area (Å²) in [4.78, 5) is 38.3. The smallest absolute Gasteiger partial charge is 0.316 e. The Hall–Kier alpha value is -3.42. The zero-order valence-corrected chi connectivity index (χ0v) is 14.6. The van der Waals surface area contributed by atoms with Crippen molar-refractivity contribution in [3.8, 4) is 5.75 Å². The molecule has 1 aromatic heterocycles. The van der Waals surface area contributed by atoms with E-state index in [4.69, 9.17) is 4.74 Å². The number of rotatable bonds is 6. The minimum atomic E-state index is -0.836. The number of aromatic nitrogens is 2. The maximum Gasteiger partial charge on any atom is 0.316 e. The van der Waals surface area contributed by atoms with Crippen molar-refractivity contribution < 1.29 is 13.9 Å². The molecule has 7 nitrogen and oxygen atoms in total. The monoisotopic (exact) mass is 371 g/mol. The van der Waals surface area contributed by atoms with Crippen molar-refractivity contribution in [2.24, 2.45) is 0 Å². The van der Waals surface area contributed by atoms with Crippen LogP contribution in [-0.2, 0) is 17.8 Å². The van der Waals surface area contributed by atoms with Gasteiger partial charge in [0, 0.05) is 13.1 Å². The number of aromatic amines is 1. The van der Waals surface area contributed by atoms with E-state index in [1.165, 1.54) is 16.7 Å². The molecule has 0 atom stereocenters. The molecule has 1 heterocycles. The molecule has 0 saturated heterocycles. The van der Waals surface area contributed by atoms with Crippen molar-refractivity contribution in [1.82, 2.24) is 14.9 Å². The van der Waals surface area contributed by atoms with Crippen molar-refractivity contribution in [3.05, 3.63) is 74.6 Å². The Kier molecular flexibility index (Phi) is 5.35. The third kappa shape index (κ3) is 4.22. The van der Waals surface area contributed by atoms with Gasteiger partial charge in [-0.3, -0.25) is 14.4 Å². The molecule has 0 saturated carbocycles. The Morgan fingerprint density at radius 1 is 1.19 bits per heavy atom. The lowest BCUT2D eigenvalue weighted by atomic mass is 10.1. The van der Waals surface area contributed by atoms with E-state index in [-0.39, 0.29) is 30.9 Å². The van der Waals surface area contributed by atoms with Crippen molar-refractivity contribution >= 4 is 16.9 Å². The van der Waals surface area contributed by atoms with Crippen LogP contribution in [0.25, 0.3) is 11.0 Å². The topological polar surface area (TPSA) is 93.2 Å². The molecule has 0 aliphatic heterocycles. The van der Waals surface area contributed by atoms with Gasteiger partial charge in [-0.25, -0.2) is 4.39 Å². The fourth-order valence-electron chi connectivity index (χ4n) is 2.77. The molecular weight excluding hydrogens is 353 g/mol. The van der Waals surface area contributed by atoms with Crippen molar-refractivity contribution in [2.75, 3.05) is 13.7 Å². The largest absolute Gasteiger partial charge is 0.497 e. The Morgan fingerprint density at radius 3 is 2.63 bits per heavy atom. The molecule has 0 radical (unpaired) electrons. The third-order valence-electron chi connectivity index (χ3n) is 4.12. The minimum Gasteiger partial charge on any atom is -0.497 e. The van der Waals surface area contributed by atoms with Crippen molar-refractivity contribution in [3.63, 3.8) is 0 Å². The second-order valence-electron chi connectivity index (χ2n) is 5.95. The van der Waals surface area contributed by atoms with E-state index in [9.17, 15) is 18.8 Å². The number of amides is 1. The van der Waals surface area contributed by atoms with Gasteiger partial charge in [0.2, 0.25) is 5.91 Å². The van der Waals surface area contributed by atoms with Crippen LogP contribution in [0.5, 0.6) is 5.75 Å². The summed E-state index contributed by atoms with van der Waals surface area (Å²) < 4.78 is 19.6. The minimum absolute atomic E-state index is 0.0965. The summed E-state index contributed by atoms with van der Waals surface area (Å²) in [7, 11) is 1.57. The molecule has 0 bridgehead atoms. The van der Waals surface area contributed by atoms with Gasteiger partial charge in [0.25, 0.3) is 0 Å².